The summed E-state index contributed by atoms with van der Waals surface area (Å²) < 4.78 is 34.4. The van der Waals surface area contributed by atoms with E-state index in [0.29, 0.717) is 9.90 Å². The van der Waals surface area contributed by atoms with Gasteiger partial charge in [-0.2, -0.15) is 0 Å². The number of allylic oxidation sites excluding steroid dienone is 1. The van der Waals surface area contributed by atoms with Gasteiger partial charge in [-0.15, -0.1) is 0 Å². The molecule has 0 fully saturated rings. The average Bonchev–Trinajstić information content (AvgIpc) is 2.78. The first-order chi connectivity index (χ1) is 16.4. The quantitative estimate of drug-likeness (QED) is 0.132. The third-order valence-corrected chi connectivity index (χ3v) is 5.99. The van der Waals surface area contributed by atoms with Crippen molar-refractivity contribution in [3.05, 3.63) is 53.1 Å². The number of anilines is 1. The van der Waals surface area contributed by atoms with Crippen molar-refractivity contribution in [2.45, 2.75) is 48.8 Å². The number of carboxylic acid groups (broad SMARTS) is 1. The summed E-state index contributed by atoms with van der Waals surface area (Å²) in [4.78, 5) is 39.3. The molecule has 0 bridgehead atoms. The normalized spacial score (nSPS) is 12.6. The molecule has 1 atom stereocenters. The van der Waals surface area contributed by atoms with E-state index in [1.165, 1.54) is 12.3 Å². The molecule has 0 saturated heterocycles. The number of aromatic nitrogens is 1. The van der Waals surface area contributed by atoms with Crippen LogP contribution in [-0.2, 0) is 14.4 Å². The molecular weight excluding hydrogens is 506 g/mol. The van der Waals surface area contributed by atoms with Gasteiger partial charge in [0.15, 0.2) is 6.10 Å². The monoisotopic (exact) mass is 528 g/mol. The van der Waals surface area contributed by atoms with E-state index in [2.05, 4.69) is 10.3 Å². The van der Waals surface area contributed by atoms with Crippen LogP contribution < -0.4 is 20.9 Å². The number of nitrogens with one attached hydrogen (secondary N) is 1. The SMILES string of the molecule is CCC(Oc1ncccc1Sc1cc(N(N)C(=O)/C=C(\NC=O)C(C)(C)F)c(F)cc1Cl)C(=O)O. The predicted octanol–water partition coefficient (Wildman–Crippen LogP) is 3.85. The highest BCUT2D eigenvalue weighted by Gasteiger charge is 2.26. The maximum absolute atomic E-state index is 14.6. The molecule has 13 heteroatoms. The molecule has 1 unspecified atom stereocenters. The minimum Gasteiger partial charge on any atom is -0.479 e. The lowest BCUT2D eigenvalue weighted by Crippen LogP contribution is -2.39. The van der Waals surface area contributed by atoms with Crippen LogP contribution in [-0.4, -0.2) is 40.1 Å². The van der Waals surface area contributed by atoms with Gasteiger partial charge in [0.25, 0.3) is 5.91 Å². The molecule has 0 saturated carbocycles. The molecule has 0 radical (unpaired) electrons. The Balaban J connectivity index is 2.41. The summed E-state index contributed by atoms with van der Waals surface area (Å²) in [6.07, 6.45) is 1.39. The molecule has 0 aliphatic rings. The summed E-state index contributed by atoms with van der Waals surface area (Å²) in [5.41, 5.74) is -2.85. The van der Waals surface area contributed by atoms with Crippen LogP contribution >= 0.6 is 23.4 Å². The smallest absolute Gasteiger partial charge is 0.344 e. The van der Waals surface area contributed by atoms with E-state index in [0.717, 1.165) is 37.8 Å². The molecule has 35 heavy (non-hydrogen) atoms. The summed E-state index contributed by atoms with van der Waals surface area (Å²) in [5.74, 6) is 2.69. The first kappa shape index (κ1) is 28.0. The number of nitrogens with zero attached hydrogens (tertiary/aromatic N) is 2. The maximum atomic E-state index is 14.6. The number of carboxylic acids is 1. The molecule has 2 rings (SSSR count). The van der Waals surface area contributed by atoms with Crippen molar-refractivity contribution >= 4 is 47.3 Å². The summed E-state index contributed by atoms with van der Waals surface area (Å²) >= 11 is 7.16. The van der Waals surface area contributed by atoms with Crippen LogP contribution in [0.5, 0.6) is 5.88 Å². The predicted molar refractivity (Wildman–Crippen MR) is 126 cm³/mol. The van der Waals surface area contributed by atoms with Crippen molar-refractivity contribution in [1.82, 2.24) is 10.3 Å². The highest BCUT2D eigenvalue weighted by molar-refractivity contribution is 7.99. The minimum atomic E-state index is -2.08. The van der Waals surface area contributed by atoms with Crippen LogP contribution in [0.2, 0.25) is 5.02 Å². The zero-order valence-electron chi connectivity index (χ0n) is 18.9. The molecular formula is C22H23ClF2N4O5S. The van der Waals surface area contributed by atoms with Crippen molar-refractivity contribution in [2.75, 3.05) is 5.01 Å². The standard InChI is InChI=1S/C22H23ClF2N4O5S/c1-4-15(21(32)33)34-20-16(6-5-7-27-20)35-17-9-14(13(24)8-12(17)23)29(26)19(31)10-18(28-11-30)22(2,3)25/h5-11,15H,4,26H2,1-3H3,(H,28,30)(H,32,33)/b18-10-. The van der Waals surface area contributed by atoms with Crippen LogP contribution in [0.25, 0.3) is 0 Å². The van der Waals surface area contributed by atoms with Crippen molar-refractivity contribution < 1.29 is 33.0 Å². The van der Waals surface area contributed by atoms with E-state index >= 15 is 0 Å². The molecule has 0 aliphatic carbocycles. The van der Waals surface area contributed by atoms with Gasteiger partial charge in [0, 0.05) is 17.2 Å². The number of benzene rings is 1. The van der Waals surface area contributed by atoms with Gasteiger partial charge in [-0.1, -0.05) is 30.3 Å². The summed E-state index contributed by atoms with van der Waals surface area (Å²) in [6, 6.07) is 5.30. The number of carbonyl (C=O) groups excluding carboxylic acids is 2. The number of pyridine rings is 1. The van der Waals surface area contributed by atoms with Crippen LogP contribution in [0.15, 0.2) is 52.0 Å². The largest absolute Gasteiger partial charge is 0.479 e. The summed E-state index contributed by atoms with van der Waals surface area (Å²) in [7, 11) is 0. The number of nitrogens with two attached hydrogens (primary N) is 1. The van der Waals surface area contributed by atoms with Gasteiger partial charge in [0.2, 0.25) is 12.3 Å². The minimum absolute atomic E-state index is 0.0204. The second kappa shape index (κ2) is 12.0. The van der Waals surface area contributed by atoms with E-state index in [-0.39, 0.29) is 40.0 Å². The van der Waals surface area contributed by atoms with E-state index < -0.39 is 29.5 Å². The number of rotatable bonds is 11. The molecule has 2 aromatic rings. The van der Waals surface area contributed by atoms with Crippen molar-refractivity contribution in [2.24, 2.45) is 5.84 Å². The first-order valence-electron chi connectivity index (χ1n) is 10.1. The van der Waals surface area contributed by atoms with Gasteiger partial charge in [0.05, 0.1) is 21.3 Å². The summed E-state index contributed by atoms with van der Waals surface area (Å²) in [5, 5.41) is 11.8. The zero-order valence-corrected chi connectivity index (χ0v) is 20.5. The molecule has 1 aromatic heterocycles. The number of ether oxygens (including phenoxy) is 1. The molecule has 2 amide bonds. The molecule has 1 aromatic carbocycles. The van der Waals surface area contributed by atoms with E-state index in [1.54, 1.807) is 19.1 Å². The maximum Gasteiger partial charge on any atom is 0.344 e. The fourth-order valence-electron chi connectivity index (χ4n) is 2.65. The van der Waals surface area contributed by atoms with Gasteiger partial charge in [-0.25, -0.2) is 29.4 Å². The third kappa shape index (κ3) is 7.38. The second-order valence-electron chi connectivity index (χ2n) is 7.50. The number of alkyl halides is 1. The number of hydrazine groups is 1. The first-order valence-corrected chi connectivity index (χ1v) is 11.3. The number of halogens is 3. The van der Waals surface area contributed by atoms with Gasteiger partial charge in [-0.05, 0) is 44.5 Å². The van der Waals surface area contributed by atoms with E-state index in [1.807, 2.05) is 0 Å². The molecule has 4 N–H and O–H groups in total. The van der Waals surface area contributed by atoms with Gasteiger partial charge >= 0.3 is 5.97 Å². The molecule has 188 valence electrons. The average molecular weight is 529 g/mol. The van der Waals surface area contributed by atoms with Gasteiger partial charge in [0.1, 0.15) is 11.5 Å². The number of hydrogen-bond acceptors (Lipinski definition) is 7. The summed E-state index contributed by atoms with van der Waals surface area (Å²) in [6.45, 7) is 3.86. The lowest BCUT2D eigenvalue weighted by molar-refractivity contribution is -0.145. The van der Waals surface area contributed by atoms with Crippen LogP contribution in [0.1, 0.15) is 27.2 Å². The fourth-order valence-corrected chi connectivity index (χ4v) is 3.81. The van der Waals surface area contributed by atoms with Crippen molar-refractivity contribution in [3.63, 3.8) is 0 Å². The van der Waals surface area contributed by atoms with Crippen LogP contribution in [0.4, 0.5) is 14.5 Å². The molecule has 1 heterocycles. The lowest BCUT2D eigenvalue weighted by Gasteiger charge is -2.21. The Morgan fingerprint density at radius 3 is 2.66 bits per heavy atom. The topological polar surface area (TPSA) is 135 Å². The van der Waals surface area contributed by atoms with Crippen molar-refractivity contribution in [1.29, 1.82) is 0 Å². The van der Waals surface area contributed by atoms with E-state index in [9.17, 15) is 28.3 Å². The second-order valence-corrected chi connectivity index (χ2v) is 8.99. The Kier molecular flexibility index (Phi) is 9.57. The highest BCUT2D eigenvalue weighted by atomic mass is 35.5. The lowest BCUT2D eigenvalue weighted by atomic mass is 10.1. The number of aliphatic carboxylic acids is 1. The number of hydrogen-bond donors (Lipinski definition) is 3. The highest BCUT2D eigenvalue weighted by Crippen LogP contribution is 2.40. The van der Waals surface area contributed by atoms with Crippen molar-refractivity contribution in [3.8, 4) is 5.88 Å². The molecule has 0 spiro atoms. The van der Waals surface area contributed by atoms with Crippen LogP contribution in [0.3, 0.4) is 0 Å². The molecule has 0 aliphatic heterocycles. The van der Waals surface area contributed by atoms with Gasteiger partial charge < -0.3 is 15.2 Å². The van der Waals surface area contributed by atoms with E-state index in [4.69, 9.17) is 22.2 Å². The Morgan fingerprint density at radius 1 is 1.40 bits per heavy atom. The Morgan fingerprint density at radius 2 is 2.09 bits per heavy atom. The third-order valence-electron chi connectivity index (χ3n) is 4.48. The number of amides is 2. The Bertz CT molecular complexity index is 1140. The Hall–Kier alpha value is -3.22. The number of carbonyl (C=O) groups is 3. The fraction of sp³-hybridized carbons (Fsp3) is 0.273. The Labute approximate surface area is 209 Å². The molecule has 9 nitrogen and oxygen atoms in total. The van der Waals surface area contributed by atoms with Gasteiger partial charge in [-0.3, -0.25) is 9.59 Å². The van der Waals surface area contributed by atoms with Crippen LogP contribution in [0, 0.1) is 5.82 Å². The zero-order chi connectivity index (χ0) is 26.3.